The Kier molecular flexibility index (Phi) is 5.52. The maximum atomic E-state index is 13.2. The number of aliphatic hydroxyl groups is 1. The summed E-state index contributed by atoms with van der Waals surface area (Å²) in [6.07, 6.45) is 4.44. The first kappa shape index (κ1) is 15.4. The largest absolute Gasteiger partial charge is 0.389 e. The molecule has 0 radical (unpaired) electrons. The Labute approximate surface area is 120 Å². The summed E-state index contributed by atoms with van der Waals surface area (Å²) in [5, 5.41) is 13.6. The van der Waals surface area contributed by atoms with E-state index in [-0.39, 0.29) is 11.9 Å². The van der Waals surface area contributed by atoms with Crippen LogP contribution in [0.25, 0.3) is 0 Å². The summed E-state index contributed by atoms with van der Waals surface area (Å²) in [5.41, 5.74) is 0.437. The Morgan fingerprint density at radius 3 is 2.85 bits per heavy atom. The van der Waals surface area contributed by atoms with Crippen LogP contribution in [0.2, 0.25) is 0 Å². The van der Waals surface area contributed by atoms with Crippen molar-refractivity contribution in [3.8, 4) is 0 Å². The zero-order valence-corrected chi connectivity index (χ0v) is 12.1. The minimum atomic E-state index is -0.534. The molecule has 1 aliphatic rings. The van der Waals surface area contributed by atoms with Crippen molar-refractivity contribution in [2.24, 2.45) is 0 Å². The highest BCUT2D eigenvalue weighted by Crippen LogP contribution is 2.30. The molecule has 0 spiro atoms. The third kappa shape index (κ3) is 4.54. The predicted octanol–water partition coefficient (Wildman–Crippen LogP) is 2.28. The highest BCUT2D eigenvalue weighted by molar-refractivity contribution is 5.17. The van der Waals surface area contributed by atoms with Crippen LogP contribution in [0.15, 0.2) is 24.3 Å². The molecule has 20 heavy (non-hydrogen) atoms. The molecule has 1 fully saturated rings. The lowest BCUT2D eigenvalue weighted by Gasteiger charge is -2.38. The molecular formula is C16H24FNO2. The van der Waals surface area contributed by atoms with Gasteiger partial charge >= 0.3 is 0 Å². The Balaban J connectivity index is 1.88. The molecule has 0 aliphatic heterocycles. The average molecular weight is 281 g/mol. The van der Waals surface area contributed by atoms with Gasteiger partial charge in [0.15, 0.2) is 0 Å². The molecule has 0 heterocycles. The quantitative estimate of drug-likeness (QED) is 0.768. The molecule has 1 aromatic rings. The number of nitrogens with one attached hydrogen (secondary N) is 1. The van der Waals surface area contributed by atoms with Crippen molar-refractivity contribution in [2.45, 2.75) is 43.7 Å². The minimum Gasteiger partial charge on any atom is -0.389 e. The Morgan fingerprint density at radius 2 is 2.25 bits per heavy atom. The molecule has 1 unspecified atom stereocenters. The molecule has 1 aliphatic carbocycles. The lowest BCUT2D eigenvalue weighted by molar-refractivity contribution is -0.0337. The Hall–Kier alpha value is -0.970. The van der Waals surface area contributed by atoms with Crippen LogP contribution in [-0.4, -0.2) is 37.0 Å². The van der Waals surface area contributed by atoms with E-state index in [0.717, 1.165) is 37.7 Å². The van der Waals surface area contributed by atoms with E-state index in [1.165, 1.54) is 6.07 Å². The molecule has 4 heteroatoms. The number of halogens is 1. The second-order valence-electron chi connectivity index (χ2n) is 5.77. The van der Waals surface area contributed by atoms with Crippen LogP contribution in [0.4, 0.5) is 4.39 Å². The zero-order valence-electron chi connectivity index (χ0n) is 12.1. The van der Waals surface area contributed by atoms with E-state index in [0.29, 0.717) is 13.2 Å². The third-order valence-corrected chi connectivity index (χ3v) is 4.05. The SMILES string of the molecule is COCCC(Cc1cccc(F)c1)NCC1(O)CCC1. The van der Waals surface area contributed by atoms with Gasteiger partial charge in [0, 0.05) is 26.3 Å². The van der Waals surface area contributed by atoms with E-state index >= 15 is 0 Å². The molecule has 0 bridgehead atoms. The average Bonchev–Trinajstić information content (AvgIpc) is 2.40. The Bertz CT molecular complexity index is 421. The van der Waals surface area contributed by atoms with Crippen molar-refractivity contribution in [1.82, 2.24) is 5.32 Å². The third-order valence-electron chi connectivity index (χ3n) is 4.05. The monoisotopic (exact) mass is 281 g/mol. The van der Waals surface area contributed by atoms with Gasteiger partial charge in [-0.05, 0) is 49.8 Å². The van der Waals surface area contributed by atoms with Gasteiger partial charge in [-0.25, -0.2) is 4.39 Å². The van der Waals surface area contributed by atoms with Crippen LogP contribution >= 0.6 is 0 Å². The van der Waals surface area contributed by atoms with Crippen LogP contribution in [0.5, 0.6) is 0 Å². The molecule has 1 aromatic carbocycles. The highest BCUT2D eigenvalue weighted by Gasteiger charge is 2.34. The molecule has 0 amide bonds. The van der Waals surface area contributed by atoms with Gasteiger partial charge in [0.05, 0.1) is 5.60 Å². The van der Waals surface area contributed by atoms with E-state index in [1.807, 2.05) is 6.07 Å². The predicted molar refractivity (Wildman–Crippen MR) is 77.2 cm³/mol. The number of ether oxygens (including phenoxy) is 1. The van der Waals surface area contributed by atoms with Crippen LogP contribution in [0.3, 0.4) is 0 Å². The lowest BCUT2D eigenvalue weighted by Crippen LogP contribution is -2.49. The van der Waals surface area contributed by atoms with E-state index in [2.05, 4.69) is 5.32 Å². The summed E-state index contributed by atoms with van der Waals surface area (Å²) >= 11 is 0. The van der Waals surface area contributed by atoms with Gasteiger partial charge < -0.3 is 15.2 Å². The molecule has 2 rings (SSSR count). The van der Waals surface area contributed by atoms with Gasteiger partial charge in [0.1, 0.15) is 5.82 Å². The zero-order chi connectivity index (χ0) is 14.4. The summed E-state index contributed by atoms with van der Waals surface area (Å²) in [6, 6.07) is 6.89. The van der Waals surface area contributed by atoms with Crippen molar-refractivity contribution < 1.29 is 14.2 Å². The molecule has 1 saturated carbocycles. The molecular weight excluding hydrogens is 257 g/mol. The number of hydrogen-bond donors (Lipinski definition) is 2. The van der Waals surface area contributed by atoms with Gasteiger partial charge in [0.25, 0.3) is 0 Å². The van der Waals surface area contributed by atoms with Crippen molar-refractivity contribution in [1.29, 1.82) is 0 Å². The van der Waals surface area contributed by atoms with Crippen LogP contribution in [-0.2, 0) is 11.2 Å². The molecule has 112 valence electrons. The summed E-state index contributed by atoms with van der Waals surface area (Å²) in [4.78, 5) is 0. The standard InChI is InChI=1S/C16H24FNO2/c1-20-9-6-15(18-12-16(19)7-3-8-16)11-13-4-2-5-14(17)10-13/h2,4-5,10,15,18-19H,3,6-9,11-12H2,1H3. The second kappa shape index (κ2) is 7.16. The molecule has 1 atom stereocenters. The van der Waals surface area contributed by atoms with Gasteiger partial charge in [0.2, 0.25) is 0 Å². The fourth-order valence-electron chi connectivity index (χ4n) is 2.58. The minimum absolute atomic E-state index is 0.196. The second-order valence-corrected chi connectivity index (χ2v) is 5.77. The lowest BCUT2D eigenvalue weighted by atomic mass is 9.80. The van der Waals surface area contributed by atoms with E-state index in [1.54, 1.807) is 19.2 Å². The van der Waals surface area contributed by atoms with E-state index in [4.69, 9.17) is 4.74 Å². The summed E-state index contributed by atoms with van der Waals surface area (Å²) in [6.45, 7) is 1.27. The fourth-order valence-corrected chi connectivity index (χ4v) is 2.58. The van der Waals surface area contributed by atoms with Crippen molar-refractivity contribution in [3.05, 3.63) is 35.6 Å². The summed E-state index contributed by atoms with van der Waals surface area (Å²) < 4.78 is 18.4. The fraction of sp³-hybridized carbons (Fsp3) is 0.625. The maximum Gasteiger partial charge on any atom is 0.123 e. The Morgan fingerprint density at radius 1 is 1.45 bits per heavy atom. The first-order valence-corrected chi connectivity index (χ1v) is 7.30. The van der Waals surface area contributed by atoms with Gasteiger partial charge in [-0.15, -0.1) is 0 Å². The number of hydrogen-bond acceptors (Lipinski definition) is 3. The number of rotatable bonds is 8. The molecule has 3 nitrogen and oxygen atoms in total. The van der Waals surface area contributed by atoms with Crippen LogP contribution in [0.1, 0.15) is 31.2 Å². The van der Waals surface area contributed by atoms with Crippen LogP contribution in [0, 0.1) is 5.82 Å². The maximum absolute atomic E-state index is 13.2. The van der Waals surface area contributed by atoms with Crippen molar-refractivity contribution >= 4 is 0 Å². The van der Waals surface area contributed by atoms with Crippen molar-refractivity contribution in [2.75, 3.05) is 20.3 Å². The highest BCUT2D eigenvalue weighted by atomic mass is 19.1. The van der Waals surface area contributed by atoms with E-state index < -0.39 is 5.60 Å². The smallest absolute Gasteiger partial charge is 0.123 e. The van der Waals surface area contributed by atoms with Crippen LogP contribution < -0.4 is 5.32 Å². The van der Waals surface area contributed by atoms with Gasteiger partial charge in [-0.3, -0.25) is 0 Å². The summed E-state index contributed by atoms with van der Waals surface area (Å²) in [5.74, 6) is -0.203. The van der Waals surface area contributed by atoms with E-state index in [9.17, 15) is 9.50 Å². The topological polar surface area (TPSA) is 41.5 Å². The van der Waals surface area contributed by atoms with Gasteiger partial charge in [-0.2, -0.15) is 0 Å². The molecule has 2 N–H and O–H groups in total. The first-order chi connectivity index (χ1) is 9.61. The first-order valence-electron chi connectivity index (χ1n) is 7.30. The van der Waals surface area contributed by atoms with Crippen molar-refractivity contribution in [3.63, 3.8) is 0 Å². The number of benzene rings is 1. The number of methoxy groups -OCH3 is 1. The summed E-state index contributed by atoms with van der Waals surface area (Å²) in [7, 11) is 1.68. The molecule has 0 saturated heterocycles. The normalized spacial score (nSPS) is 18.6. The molecule has 0 aromatic heterocycles. The van der Waals surface area contributed by atoms with Gasteiger partial charge in [-0.1, -0.05) is 12.1 Å².